The van der Waals surface area contributed by atoms with Gasteiger partial charge in [-0.25, -0.2) is 9.48 Å². The van der Waals surface area contributed by atoms with Gasteiger partial charge in [0, 0.05) is 43.9 Å². The van der Waals surface area contributed by atoms with Gasteiger partial charge < -0.3 is 14.5 Å². The summed E-state index contributed by atoms with van der Waals surface area (Å²) in [6, 6.07) is 17.2. The van der Waals surface area contributed by atoms with Crippen LogP contribution in [0, 0.1) is 0 Å². The molecule has 1 aromatic heterocycles. The van der Waals surface area contributed by atoms with E-state index in [1.807, 2.05) is 73.6 Å². The van der Waals surface area contributed by atoms with E-state index in [2.05, 4.69) is 5.10 Å². The Hall–Kier alpha value is -3.61. The standard InChI is InChI=1S/C24H26N4O3/c1-4-31-24(30)22-20-16-27(23(29)17-10-12-18(13-11-17)26(2)3)15-14-21(20)28(25-22)19-8-6-5-7-9-19/h5-13H,4,14-16H2,1-3H3. The number of hydrogen-bond acceptors (Lipinski definition) is 5. The molecule has 4 rings (SSSR count). The van der Waals surface area contributed by atoms with Crippen molar-refractivity contribution in [1.82, 2.24) is 14.7 Å². The van der Waals surface area contributed by atoms with E-state index in [1.165, 1.54) is 0 Å². The Morgan fingerprint density at radius 1 is 1.06 bits per heavy atom. The van der Waals surface area contributed by atoms with Crippen molar-refractivity contribution in [2.75, 3.05) is 32.1 Å². The van der Waals surface area contributed by atoms with Gasteiger partial charge in [-0.3, -0.25) is 4.79 Å². The van der Waals surface area contributed by atoms with Crippen molar-refractivity contribution in [3.05, 3.63) is 77.1 Å². The summed E-state index contributed by atoms with van der Waals surface area (Å²) in [7, 11) is 3.93. The van der Waals surface area contributed by atoms with Crippen LogP contribution in [-0.4, -0.2) is 53.8 Å². The Kier molecular flexibility index (Phi) is 5.75. The molecule has 0 atom stereocenters. The predicted molar refractivity (Wildman–Crippen MR) is 119 cm³/mol. The average Bonchev–Trinajstić information content (AvgIpc) is 3.18. The number of esters is 1. The van der Waals surface area contributed by atoms with Crippen LogP contribution in [0.4, 0.5) is 5.69 Å². The lowest BCUT2D eigenvalue weighted by atomic mass is 10.0. The van der Waals surface area contributed by atoms with E-state index in [-0.39, 0.29) is 18.2 Å². The van der Waals surface area contributed by atoms with Crippen LogP contribution in [-0.2, 0) is 17.7 Å². The quantitative estimate of drug-likeness (QED) is 0.595. The summed E-state index contributed by atoms with van der Waals surface area (Å²) in [5.74, 6) is -0.517. The zero-order chi connectivity index (χ0) is 22.0. The summed E-state index contributed by atoms with van der Waals surface area (Å²) in [5.41, 5.74) is 4.52. The Labute approximate surface area is 181 Å². The highest BCUT2D eigenvalue weighted by Gasteiger charge is 2.31. The largest absolute Gasteiger partial charge is 0.461 e. The molecule has 0 saturated heterocycles. The monoisotopic (exact) mass is 418 g/mol. The molecule has 1 aliphatic heterocycles. The summed E-state index contributed by atoms with van der Waals surface area (Å²) >= 11 is 0. The fourth-order valence-electron chi connectivity index (χ4n) is 3.82. The van der Waals surface area contributed by atoms with Gasteiger partial charge in [-0.05, 0) is 43.3 Å². The first-order chi connectivity index (χ1) is 15.0. The molecule has 0 aliphatic carbocycles. The zero-order valence-electron chi connectivity index (χ0n) is 18.0. The molecule has 160 valence electrons. The molecule has 2 heterocycles. The maximum atomic E-state index is 13.1. The van der Waals surface area contributed by atoms with Crippen molar-refractivity contribution >= 4 is 17.6 Å². The van der Waals surface area contributed by atoms with Gasteiger partial charge in [0.1, 0.15) is 0 Å². The third-order valence-corrected chi connectivity index (χ3v) is 5.44. The molecule has 0 unspecified atom stereocenters. The van der Waals surface area contributed by atoms with Crippen molar-refractivity contribution in [2.24, 2.45) is 0 Å². The maximum Gasteiger partial charge on any atom is 0.359 e. The highest BCUT2D eigenvalue weighted by molar-refractivity contribution is 5.95. The van der Waals surface area contributed by atoms with Gasteiger partial charge in [0.05, 0.1) is 24.5 Å². The number of aromatic nitrogens is 2. The summed E-state index contributed by atoms with van der Waals surface area (Å²) < 4.78 is 7.04. The lowest BCUT2D eigenvalue weighted by molar-refractivity contribution is 0.0513. The number of amides is 1. The van der Waals surface area contributed by atoms with Crippen LogP contribution in [0.2, 0.25) is 0 Å². The van der Waals surface area contributed by atoms with E-state index in [4.69, 9.17) is 4.74 Å². The van der Waals surface area contributed by atoms with Crippen LogP contribution in [0.1, 0.15) is 39.0 Å². The van der Waals surface area contributed by atoms with Gasteiger partial charge in [-0.2, -0.15) is 5.10 Å². The van der Waals surface area contributed by atoms with Crippen molar-refractivity contribution in [3.63, 3.8) is 0 Å². The van der Waals surface area contributed by atoms with E-state index in [0.29, 0.717) is 25.1 Å². The van der Waals surface area contributed by atoms with E-state index >= 15 is 0 Å². The van der Waals surface area contributed by atoms with Crippen LogP contribution < -0.4 is 4.90 Å². The van der Waals surface area contributed by atoms with Crippen molar-refractivity contribution < 1.29 is 14.3 Å². The van der Waals surface area contributed by atoms with Gasteiger partial charge in [0.25, 0.3) is 5.91 Å². The average molecular weight is 418 g/mol. The minimum atomic E-state index is -0.460. The number of benzene rings is 2. The number of hydrogen-bond donors (Lipinski definition) is 0. The Bertz CT molecular complexity index is 1090. The molecule has 1 amide bonds. The number of anilines is 1. The molecule has 7 nitrogen and oxygen atoms in total. The van der Waals surface area contributed by atoms with Crippen LogP contribution in [0.3, 0.4) is 0 Å². The van der Waals surface area contributed by atoms with Gasteiger partial charge in [0.2, 0.25) is 0 Å². The van der Waals surface area contributed by atoms with E-state index < -0.39 is 5.97 Å². The molecule has 2 aromatic carbocycles. The maximum absolute atomic E-state index is 13.1. The number of ether oxygens (including phenoxy) is 1. The predicted octanol–water partition coefficient (Wildman–Crippen LogP) is 3.31. The third-order valence-electron chi connectivity index (χ3n) is 5.44. The first kappa shape index (κ1) is 20.7. The molecule has 0 radical (unpaired) electrons. The second kappa shape index (κ2) is 8.63. The second-order valence-corrected chi connectivity index (χ2v) is 7.66. The number of nitrogens with zero attached hydrogens (tertiary/aromatic N) is 4. The molecule has 0 spiro atoms. The number of carbonyl (C=O) groups is 2. The lowest BCUT2D eigenvalue weighted by Gasteiger charge is -2.28. The number of rotatable bonds is 5. The summed E-state index contributed by atoms with van der Waals surface area (Å²) in [5, 5.41) is 4.58. The van der Waals surface area contributed by atoms with E-state index in [9.17, 15) is 9.59 Å². The fourth-order valence-corrected chi connectivity index (χ4v) is 3.82. The number of fused-ring (bicyclic) bond motifs is 1. The second-order valence-electron chi connectivity index (χ2n) is 7.66. The Morgan fingerprint density at radius 3 is 2.42 bits per heavy atom. The van der Waals surface area contributed by atoms with Crippen LogP contribution >= 0.6 is 0 Å². The summed E-state index contributed by atoms with van der Waals surface area (Å²) in [4.78, 5) is 29.5. The molecule has 0 bridgehead atoms. The van der Waals surface area contributed by atoms with Crippen molar-refractivity contribution in [1.29, 1.82) is 0 Å². The molecular formula is C24H26N4O3. The minimum Gasteiger partial charge on any atom is -0.461 e. The number of para-hydroxylation sites is 1. The molecule has 7 heteroatoms. The lowest BCUT2D eigenvalue weighted by Crippen LogP contribution is -2.36. The topological polar surface area (TPSA) is 67.7 Å². The fraction of sp³-hybridized carbons (Fsp3) is 0.292. The Balaban J connectivity index is 1.66. The summed E-state index contributed by atoms with van der Waals surface area (Å²) in [6.07, 6.45) is 0.609. The van der Waals surface area contributed by atoms with Crippen molar-refractivity contribution in [2.45, 2.75) is 19.9 Å². The highest BCUT2D eigenvalue weighted by atomic mass is 16.5. The van der Waals surface area contributed by atoms with E-state index in [1.54, 1.807) is 16.5 Å². The van der Waals surface area contributed by atoms with Crippen molar-refractivity contribution in [3.8, 4) is 5.69 Å². The summed E-state index contributed by atoms with van der Waals surface area (Å²) in [6.45, 7) is 2.92. The highest BCUT2D eigenvalue weighted by Crippen LogP contribution is 2.27. The first-order valence-electron chi connectivity index (χ1n) is 10.4. The van der Waals surface area contributed by atoms with Crippen LogP contribution in [0.25, 0.3) is 5.69 Å². The van der Waals surface area contributed by atoms with E-state index in [0.717, 1.165) is 22.6 Å². The normalized spacial score (nSPS) is 12.9. The molecule has 3 aromatic rings. The SMILES string of the molecule is CCOC(=O)c1nn(-c2ccccc2)c2c1CN(C(=O)c1ccc(N(C)C)cc1)CC2. The van der Waals surface area contributed by atoms with Crippen LogP contribution in [0.5, 0.6) is 0 Å². The number of carbonyl (C=O) groups excluding carboxylic acids is 2. The Morgan fingerprint density at radius 2 is 1.77 bits per heavy atom. The smallest absolute Gasteiger partial charge is 0.359 e. The van der Waals surface area contributed by atoms with Crippen LogP contribution in [0.15, 0.2) is 54.6 Å². The zero-order valence-corrected chi connectivity index (χ0v) is 18.0. The molecular weight excluding hydrogens is 392 g/mol. The van der Waals surface area contributed by atoms with Gasteiger partial charge in [-0.1, -0.05) is 18.2 Å². The molecule has 0 N–H and O–H groups in total. The molecule has 1 aliphatic rings. The molecule has 0 fully saturated rings. The van der Waals surface area contributed by atoms with Gasteiger partial charge >= 0.3 is 5.97 Å². The van der Waals surface area contributed by atoms with Gasteiger partial charge in [0.15, 0.2) is 5.69 Å². The third kappa shape index (κ3) is 4.03. The molecule has 31 heavy (non-hydrogen) atoms. The van der Waals surface area contributed by atoms with Gasteiger partial charge in [-0.15, -0.1) is 0 Å². The minimum absolute atomic E-state index is 0.0572. The molecule has 0 saturated carbocycles. The first-order valence-corrected chi connectivity index (χ1v) is 10.4.